The maximum atomic E-state index is 12.9. The number of benzene rings is 1. The van der Waals surface area contributed by atoms with Crippen molar-refractivity contribution in [2.75, 3.05) is 33.9 Å². The Morgan fingerprint density at radius 2 is 1.73 bits per heavy atom. The number of piperidine rings is 1. The maximum Gasteiger partial charge on any atom is 0.305 e. The summed E-state index contributed by atoms with van der Waals surface area (Å²) in [5, 5.41) is 9.38. The molecule has 0 radical (unpaired) electrons. The molecule has 1 unspecified atom stereocenters. The first-order valence-corrected chi connectivity index (χ1v) is 15.6. The lowest BCUT2D eigenvalue weighted by atomic mass is 9.99. The molecule has 11 nitrogen and oxygen atoms in total. The van der Waals surface area contributed by atoms with Gasteiger partial charge in [0.1, 0.15) is 19.2 Å². The molecular formula is C33H51N5O6. The average molecular weight is 614 g/mol. The number of hydrogen-bond donors (Lipinski definition) is 3. The van der Waals surface area contributed by atoms with Gasteiger partial charge in [0.2, 0.25) is 17.7 Å². The fourth-order valence-electron chi connectivity index (χ4n) is 4.96. The molecule has 0 bridgehead atoms. The lowest BCUT2D eigenvalue weighted by molar-refractivity contribution is -0.140. The first-order chi connectivity index (χ1) is 21.2. The van der Waals surface area contributed by atoms with E-state index < -0.39 is 18.0 Å². The van der Waals surface area contributed by atoms with Crippen molar-refractivity contribution in [2.45, 2.75) is 90.6 Å². The summed E-state index contributed by atoms with van der Waals surface area (Å²) in [6, 6.07) is 7.04. The van der Waals surface area contributed by atoms with Gasteiger partial charge < -0.3 is 30.4 Å². The van der Waals surface area contributed by atoms with Crippen LogP contribution < -0.4 is 20.8 Å². The second kappa shape index (κ2) is 19.3. The second-order valence-corrected chi connectivity index (χ2v) is 11.0. The van der Waals surface area contributed by atoms with Gasteiger partial charge in [0.25, 0.3) is 0 Å². The number of nitrogens with zero attached hydrogens (tertiary/aromatic N) is 2. The third-order valence-corrected chi connectivity index (χ3v) is 7.68. The summed E-state index contributed by atoms with van der Waals surface area (Å²) in [5.74, 6) is -1.22. The monoisotopic (exact) mass is 613 g/mol. The first-order valence-electron chi connectivity index (χ1n) is 15.6. The summed E-state index contributed by atoms with van der Waals surface area (Å²) in [4.78, 5) is 55.7. The number of unbranched alkanes of at least 4 members (excludes halogenated alkanes) is 2. The highest BCUT2D eigenvalue weighted by Crippen LogP contribution is 2.22. The second-order valence-electron chi connectivity index (χ2n) is 11.0. The number of rotatable bonds is 7. The number of amides is 3. The normalized spacial score (nSPS) is 18.9. The predicted octanol–water partition coefficient (Wildman–Crippen LogP) is 3.63. The molecule has 3 heterocycles. The van der Waals surface area contributed by atoms with Crippen LogP contribution in [0.15, 0.2) is 42.7 Å². The highest BCUT2D eigenvalue weighted by Gasteiger charge is 2.32. The van der Waals surface area contributed by atoms with E-state index in [2.05, 4.69) is 54.1 Å². The van der Waals surface area contributed by atoms with E-state index in [-0.39, 0.29) is 37.3 Å². The standard InChI is InChI=1S/C19H30N4O5.C10H11NO.C4H10/c1-13-11-20-16(24)12-21-18(26)14(7-3-4-9-17(25)28-2)22-19(27)15-8-5-6-10-23(13)15;1-8-7-11(12-2)10-6-4-3-5-9(8)10;1-3-4-2/h14-15H,1,3-12H2,2H3,(H,20,24)(H,21,26)(H,22,27);3-7H,1-2H3;3-4H2,1-2H3/t14-,15?;;/m0../s1. The Bertz CT molecular complexity index is 1240. The van der Waals surface area contributed by atoms with Crippen molar-refractivity contribution < 1.29 is 28.8 Å². The van der Waals surface area contributed by atoms with Gasteiger partial charge in [-0.25, -0.2) is 0 Å². The van der Waals surface area contributed by atoms with Crippen LogP contribution in [0, 0.1) is 6.92 Å². The number of ether oxygens (including phenoxy) is 1. The van der Waals surface area contributed by atoms with Crippen LogP contribution in [0.4, 0.5) is 0 Å². The van der Waals surface area contributed by atoms with E-state index in [1.54, 1.807) is 11.8 Å². The molecule has 1 aromatic heterocycles. The third-order valence-electron chi connectivity index (χ3n) is 7.68. The molecule has 4 rings (SSSR count). The highest BCUT2D eigenvalue weighted by atomic mass is 16.6. The van der Waals surface area contributed by atoms with Crippen LogP contribution in [-0.4, -0.2) is 79.3 Å². The molecule has 3 amide bonds. The largest absolute Gasteiger partial charge is 0.469 e. The van der Waals surface area contributed by atoms with Crippen LogP contribution >= 0.6 is 0 Å². The lowest BCUT2D eigenvalue weighted by Gasteiger charge is -2.38. The van der Waals surface area contributed by atoms with Crippen molar-refractivity contribution in [1.29, 1.82) is 0 Å². The SMILES string of the molecule is C=C1CNC(=O)CNC(=O)[C@H](CCCCC(=O)OC)NC(=O)C2CCCCN12.CCCC.COn1cc(C)c2ccccc21. The Hall–Kier alpha value is -4.02. The van der Waals surface area contributed by atoms with E-state index in [0.29, 0.717) is 37.9 Å². The molecule has 2 aromatic rings. The Balaban J connectivity index is 0.000000344. The van der Waals surface area contributed by atoms with Gasteiger partial charge in [-0.1, -0.05) is 57.9 Å². The summed E-state index contributed by atoms with van der Waals surface area (Å²) in [7, 11) is 3.00. The fraction of sp³-hybridized carbons (Fsp3) is 0.576. The maximum absolute atomic E-state index is 12.9. The molecule has 2 atom stereocenters. The van der Waals surface area contributed by atoms with Crippen LogP contribution in [0.3, 0.4) is 0 Å². The Morgan fingerprint density at radius 1 is 1.00 bits per heavy atom. The highest BCUT2D eigenvalue weighted by molar-refractivity contribution is 5.92. The Kier molecular flexibility index (Phi) is 15.9. The number of carbonyl (C=O) groups excluding carboxylic acids is 4. The van der Waals surface area contributed by atoms with Gasteiger partial charge >= 0.3 is 5.97 Å². The molecule has 2 aliphatic heterocycles. The van der Waals surface area contributed by atoms with Crippen molar-refractivity contribution in [1.82, 2.24) is 25.6 Å². The van der Waals surface area contributed by atoms with Gasteiger partial charge in [0.15, 0.2) is 0 Å². The summed E-state index contributed by atoms with van der Waals surface area (Å²) in [5.41, 5.74) is 3.06. The van der Waals surface area contributed by atoms with Crippen LogP contribution in [0.2, 0.25) is 0 Å². The summed E-state index contributed by atoms with van der Waals surface area (Å²) in [6.07, 6.45) is 8.94. The van der Waals surface area contributed by atoms with Gasteiger partial charge in [-0.15, -0.1) is 0 Å². The summed E-state index contributed by atoms with van der Waals surface area (Å²) >= 11 is 0. The Morgan fingerprint density at radius 3 is 2.41 bits per heavy atom. The smallest absolute Gasteiger partial charge is 0.305 e. The number of carbonyl (C=O) groups is 4. The van der Waals surface area contributed by atoms with E-state index in [1.807, 2.05) is 29.3 Å². The van der Waals surface area contributed by atoms with Gasteiger partial charge in [-0.3, -0.25) is 19.2 Å². The first kappa shape index (κ1) is 36.2. The van der Waals surface area contributed by atoms with Crippen LogP contribution in [0.5, 0.6) is 0 Å². The molecule has 2 aliphatic rings. The van der Waals surface area contributed by atoms with Gasteiger partial charge in [-0.2, -0.15) is 4.73 Å². The number of aromatic nitrogens is 1. The number of fused-ring (bicyclic) bond motifs is 2. The molecule has 244 valence electrons. The average Bonchev–Trinajstić information content (AvgIpc) is 3.38. The van der Waals surface area contributed by atoms with Crippen molar-refractivity contribution in [2.24, 2.45) is 0 Å². The molecule has 0 saturated carbocycles. The van der Waals surface area contributed by atoms with Crippen LogP contribution in [0.1, 0.15) is 77.2 Å². The predicted molar refractivity (Wildman–Crippen MR) is 172 cm³/mol. The molecule has 1 aromatic carbocycles. The minimum absolute atomic E-state index is 0.163. The Labute approximate surface area is 261 Å². The van der Waals surface area contributed by atoms with Crippen molar-refractivity contribution >= 4 is 34.6 Å². The van der Waals surface area contributed by atoms with Gasteiger partial charge in [-0.05, 0) is 50.7 Å². The lowest BCUT2D eigenvalue weighted by Crippen LogP contribution is -2.56. The zero-order chi connectivity index (χ0) is 32.5. The van der Waals surface area contributed by atoms with Crippen LogP contribution in [-0.2, 0) is 23.9 Å². The van der Waals surface area contributed by atoms with Crippen molar-refractivity contribution in [3.05, 3.63) is 48.3 Å². The minimum Gasteiger partial charge on any atom is -0.469 e. The van der Waals surface area contributed by atoms with E-state index in [4.69, 9.17) is 4.84 Å². The molecular weight excluding hydrogens is 562 g/mol. The van der Waals surface area contributed by atoms with E-state index in [9.17, 15) is 19.2 Å². The number of hydrogen-bond acceptors (Lipinski definition) is 7. The van der Waals surface area contributed by atoms with Crippen LogP contribution in [0.25, 0.3) is 10.9 Å². The molecule has 44 heavy (non-hydrogen) atoms. The molecule has 3 N–H and O–H groups in total. The van der Waals surface area contributed by atoms with E-state index in [1.165, 1.54) is 30.9 Å². The topological polar surface area (TPSA) is 131 Å². The van der Waals surface area contributed by atoms with Gasteiger partial charge in [0, 0.05) is 30.2 Å². The third kappa shape index (κ3) is 11.2. The quantitative estimate of drug-likeness (QED) is 0.321. The summed E-state index contributed by atoms with van der Waals surface area (Å²) < 4.78 is 6.39. The zero-order valence-electron chi connectivity index (χ0n) is 27.1. The molecule has 2 saturated heterocycles. The molecule has 11 heteroatoms. The van der Waals surface area contributed by atoms with E-state index >= 15 is 0 Å². The number of para-hydroxylation sites is 1. The number of methoxy groups -OCH3 is 1. The fourth-order valence-corrected chi connectivity index (χ4v) is 4.96. The molecule has 2 fully saturated rings. The molecule has 0 aliphatic carbocycles. The van der Waals surface area contributed by atoms with E-state index in [0.717, 1.165) is 18.4 Å². The molecule has 0 spiro atoms. The van der Waals surface area contributed by atoms with Crippen molar-refractivity contribution in [3.8, 4) is 0 Å². The number of esters is 1. The van der Waals surface area contributed by atoms with Gasteiger partial charge in [0.05, 0.1) is 25.7 Å². The number of aryl methyl sites for hydroxylation is 1. The minimum atomic E-state index is -0.755. The summed E-state index contributed by atoms with van der Waals surface area (Å²) in [6.45, 7) is 11.2. The zero-order valence-corrected chi connectivity index (χ0v) is 27.1. The van der Waals surface area contributed by atoms with Crippen molar-refractivity contribution in [3.63, 3.8) is 0 Å². The number of nitrogens with one attached hydrogen (secondary N) is 3.